The van der Waals surface area contributed by atoms with Crippen LogP contribution in [0.25, 0.3) is 0 Å². The van der Waals surface area contributed by atoms with Crippen molar-refractivity contribution >= 4 is 21.6 Å². The van der Waals surface area contributed by atoms with Crippen LogP contribution in [0, 0.1) is 12.7 Å². The van der Waals surface area contributed by atoms with Gasteiger partial charge in [-0.05, 0) is 61.7 Å². The Hall–Kier alpha value is -2.66. The lowest BCUT2D eigenvalue weighted by atomic mass is 9.96. The summed E-state index contributed by atoms with van der Waals surface area (Å²) in [7, 11) is -3.70. The highest BCUT2D eigenvalue weighted by atomic mass is 32.2. The van der Waals surface area contributed by atoms with E-state index in [1.807, 2.05) is 0 Å². The number of carbonyl (C=O) groups excluding carboxylic acids is 1. The molecule has 6 nitrogen and oxygen atoms in total. The number of aryl methyl sites for hydroxylation is 1. The molecular weight excluding hydrogens is 464 g/mol. The number of hydrogen-bond donors (Lipinski definition) is 2. The molecule has 0 radical (unpaired) electrons. The van der Waals surface area contributed by atoms with Crippen LogP contribution in [0.1, 0.15) is 43.2 Å². The maximum absolute atomic E-state index is 13.4. The molecule has 0 atom stereocenters. The zero-order valence-corrected chi connectivity index (χ0v) is 18.7. The molecular formula is C22H24F4N2O4S. The zero-order valence-electron chi connectivity index (χ0n) is 17.8. The second kappa shape index (κ2) is 10.1. The third kappa shape index (κ3) is 6.67. The topological polar surface area (TPSA) is 84.5 Å². The Morgan fingerprint density at radius 3 is 2.42 bits per heavy atom. The summed E-state index contributed by atoms with van der Waals surface area (Å²) in [5.74, 6) is -1.96. The van der Waals surface area contributed by atoms with Gasteiger partial charge in [0, 0.05) is 11.7 Å². The van der Waals surface area contributed by atoms with Gasteiger partial charge in [0.25, 0.3) is 5.91 Å². The van der Waals surface area contributed by atoms with Gasteiger partial charge in [-0.15, -0.1) is 0 Å². The number of alkyl halides is 3. The van der Waals surface area contributed by atoms with Gasteiger partial charge in [-0.1, -0.05) is 19.3 Å². The molecule has 1 aliphatic carbocycles. The van der Waals surface area contributed by atoms with Crippen molar-refractivity contribution in [1.82, 2.24) is 4.72 Å². The first-order valence-corrected chi connectivity index (χ1v) is 11.9. The first-order valence-electron chi connectivity index (χ1n) is 10.4. The molecule has 1 saturated carbocycles. The van der Waals surface area contributed by atoms with Gasteiger partial charge in [0.05, 0.1) is 10.5 Å². The first-order chi connectivity index (χ1) is 15.5. The summed E-state index contributed by atoms with van der Waals surface area (Å²) in [5.41, 5.74) is -1.25. The van der Waals surface area contributed by atoms with E-state index in [2.05, 4.69) is 10.0 Å². The maximum atomic E-state index is 13.4. The van der Waals surface area contributed by atoms with Gasteiger partial charge >= 0.3 is 6.18 Å². The van der Waals surface area contributed by atoms with Crippen LogP contribution in [0.15, 0.2) is 41.3 Å². The summed E-state index contributed by atoms with van der Waals surface area (Å²) in [6.07, 6.45) is -0.235. The molecule has 0 bridgehead atoms. The van der Waals surface area contributed by atoms with E-state index in [0.717, 1.165) is 38.2 Å². The minimum atomic E-state index is -4.90. The lowest BCUT2D eigenvalue weighted by Crippen LogP contribution is -2.36. The predicted molar refractivity (Wildman–Crippen MR) is 114 cm³/mol. The third-order valence-electron chi connectivity index (χ3n) is 5.30. The van der Waals surface area contributed by atoms with Crippen molar-refractivity contribution in [3.05, 3.63) is 53.3 Å². The molecule has 1 amide bonds. The van der Waals surface area contributed by atoms with E-state index >= 15 is 0 Å². The molecule has 0 aliphatic heterocycles. The number of nitrogens with one attached hydrogen (secondary N) is 2. The quantitative estimate of drug-likeness (QED) is 0.550. The van der Waals surface area contributed by atoms with Crippen molar-refractivity contribution in [2.24, 2.45) is 0 Å². The number of rotatable bonds is 7. The SMILES string of the molecule is Cc1cc(S(=O)(=O)NC2CCCCC2)ccc1OCC(=O)Nc1ccc(F)c(C(F)(F)F)c1. The van der Waals surface area contributed by atoms with Crippen molar-refractivity contribution < 1.29 is 35.5 Å². The van der Waals surface area contributed by atoms with E-state index in [4.69, 9.17) is 4.74 Å². The van der Waals surface area contributed by atoms with Crippen LogP contribution < -0.4 is 14.8 Å². The minimum Gasteiger partial charge on any atom is -0.483 e. The normalized spacial score (nSPS) is 15.3. The first kappa shape index (κ1) is 25.0. The second-order valence-electron chi connectivity index (χ2n) is 7.91. The van der Waals surface area contributed by atoms with Gasteiger partial charge in [-0.25, -0.2) is 17.5 Å². The lowest BCUT2D eigenvalue weighted by Gasteiger charge is -2.22. The highest BCUT2D eigenvalue weighted by molar-refractivity contribution is 7.89. The second-order valence-corrected chi connectivity index (χ2v) is 9.63. The maximum Gasteiger partial charge on any atom is 0.419 e. The fourth-order valence-corrected chi connectivity index (χ4v) is 5.01. The Balaban J connectivity index is 1.61. The molecule has 0 heterocycles. The molecule has 1 fully saturated rings. The summed E-state index contributed by atoms with van der Waals surface area (Å²) >= 11 is 0. The highest BCUT2D eigenvalue weighted by Gasteiger charge is 2.34. The Morgan fingerprint density at radius 1 is 1.09 bits per heavy atom. The third-order valence-corrected chi connectivity index (χ3v) is 6.82. The fourth-order valence-electron chi connectivity index (χ4n) is 3.62. The van der Waals surface area contributed by atoms with Gasteiger partial charge in [0.2, 0.25) is 10.0 Å². The molecule has 2 N–H and O–H groups in total. The number of benzene rings is 2. The van der Waals surface area contributed by atoms with Crippen molar-refractivity contribution in [3.8, 4) is 5.75 Å². The average Bonchev–Trinajstić information content (AvgIpc) is 2.74. The van der Waals surface area contributed by atoms with Gasteiger partial charge in [-0.2, -0.15) is 13.2 Å². The number of carbonyl (C=O) groups is 1. The van der Waals surface area contributed by atoms with Gasteiger partial charge in [0.1, 0.15) is 11.6 Å². The summed E-state index contributed by atoms with van der Waals surface area (Å²) < 4.78 is 85.1. The molecule has 1 aliphatic rings. The molecule has 3 rings (SSSR count). The number of ether oxygens (including phenoxy) is 1. The Morgan fingerprint density at radius 2 is 1.79 bits per heavy atom. The van der Waals surface area contributed by atoms with E-state index in [1.165, 1.54) is 18.2 Å². The van der Waals surface area contributed by atoms with E-state index in [1.54, 1.807) is 6.92 Å². The van der Waals surface area contributed by atoms with Crippen LogP contribution in [-0.4, -0.2) is 27.0 Å². The van der Waals surface area contributed by atoms with E-state index in [-0.39, 0.29) is 22.4 Å². The predicted octanol–water partition coefficient (Wildman–Crippen LogP) is 4.78. The van der Waals surface area contributed by atoms with Crippen molar-refractivity contribution in [2.45, 2.75) is 56.1 Å². The van der Waals surface area contributed by atoms with Crippen molar-refractivity contribution in [3.63, 3.8) is 0 Å². The Bertz CT molecular complexity index is 1110. The zero-order chi connectivity index (χ0) is 24.2. The number of amides is 1. The fraction of sp³-hybridized carbons (Fsp3) is 0.409. The molecule has 0 spiro atoms. The average molecular weight is 489 g/mol. The lowest BCUT2D eigenvalue weighted by molar-refractivity contribution is -0.140. The van der Waals surface area contributed by atoms with Crippen LogP contribution in [0.2, 0.25) is 0 Å². The minimum absolute atomic E-state index is 0.0772. The molecule has 2 aromatic rings. The summed E-state index contributed by atoms with van der Waals surface area (Å²) in [4.78, 5) is 12.2. The number of hydrogen-bond acceptors (Lipinski definition) is 4. The van der Waals surface area contributed by atoms with E-state index in [0.29, 0.717) is 17.7 Å². The number of sulfonamides is 1. The Labute approximate surface area is 189 Å². The Kier molecular flexibility index (Phi) is 7.63. The van der Waals surface area contributed by atoms with Crippen molar-refractivity contribution in [2.75, 3.05) is 11.9 Å². The van der Waals surface area contributed by atoms with E-state index in [9.17, 15) is 30.8 Å². The smallest absolute Gasteiger partial charge is 0.419 e. The molecule has 11 heteroatoms. The van der Waals surface area contributed by atoms with Crippen LogP contribution in [0.5, 0.6) is 5.75 Å². The van der Waals surface area contributed by atoms with E-state index < -0.39 is 40.1 Å². The standard InChI is InChI=1S/C22H24F4N2O4S/c1-14-11-17(33(30,31)28-15-5-3-2-4-6-15)8-10-20(14)32-13-21(29)27-16-7-9-19(23)18(12-16)22(24,25)26/h7-12,15,28H,2-6,13H2,1H3,(H,27,29). The molecule has 2 aromatic carbocycles. The summed E-state index contributed by atoms with van der Waals surface area (Å²) in [5, 5.41) is 2.22. The van der Waals surface area contributed by atoms with Gasteiger partial charge in [-0.3, -0.25) is 4.79 Å². The molecule has 0 saturated heterocycles. The number of halogens is 4. The molecule has 33 heavy (non-hydrogen) atoms. The largest absolute Gasteiger partial charge is 0.483 e. The molecule has 0 unspecified atom stereocenters. The molecule has 180 valence electrons. The van der Waals surface area contributed by atoms with Crippen LogP contribution in [0.4, 0.5) is 23.2 Å². The summed E-state index contributed by atoms with van der Waals surface area (Å²) in [6.45, 7) is 1.08. The van der Waals surface area contributed by atoms with Crippen molar-refractivity contribution in [1.29, 1.82) is 0 Å². The number of anilines is 1. The van der Waals surface area contributed by atoms with Crippen LogP contribution in [0.3, 0.4) is 0 Å². The molecule has 0 aromatic heterocycles. The monoisotopic (exact) mass is 488 g/mol. The van der Waals surface area contributed by atoms with Crippen LogP contribution >= 0.6 is 0 Å². The highest BCUT2D eigenvalue weighted by Crippen LogP contribution is 2.33. The summed E-state index contributed by atoms with van der Waals surface area (Å²) in [6, 6.07) is 6.23. The van der Waals surface area contributed by atoms with Gasteiger partial charge in [0.15, 0.2) is 6.61 Å². The van der Waals surface area contributed by atoms with Crippen LogP contribution in [-0.2, 0) is 21.0 Å². The van der Waals surface area contributed by atoms with Gasteiger partial charge < -0.3 is 10.1 Å².